The molecule has 0 bridgehead atoms. The average molecular weight is 503 g/mol. The highest BCUT2D eigenvalue weighted by atomic mass is 35.5. The standard InChI is InChI=1S/C28H30N6O.ClH/c29-19-12-10-18(11-13-19)27(35)32-20-4-3-5-21(14-20)33-28-31-15-23(17-8-9-17)26(34-28)24-16-30-25-7-2-1-6-22(24)25;/h1-2,6-7,10-13,15-17,20-21,30H,3-5,8-9,14,29H2,(H,32,35)(H,31,33,34);1H/t20-,21+;/m0./s1. The first-order chi connectivity index (χ1) is 17.1. The summed E-state index contributed by atoms with van der Waals surface area (Å²) < 4.78 is 0. The number of rotatable bonds is 6. The summed E-state index contributed by atoms with van der Waals surface area (Å²) in [4.78, 5) is 25.8. The molecule has 0 aliphatic heterocycles. The summed E-state index contributed by atoms with van der Waals surface area (Å²) in [5.41, 5.74) is 11.5. The lowest BCUT2D eigenvalue weighted by atomic mass is 9.91. The van der Waals surface area contributed by atoms with E-state index in [-0.39, 0.29) is 30.4 Å². The van der Waals surface area contributed by atoms with Gasteiger partial charge in [-0.3, -0.25) is 4.79 Å². The number of halogens is 1. The minimum absolute atomic E-state index is 0. The average Bonchev–Trinajstić information content (AvgIpc) is 3.63. The fourth-order valence-corrected chi connectivity index (χ4v) is 5.17. The molecule has 0 spiro atoms. The van der Waals surface area contributed by atoms with Crippen molar-refractivity contribution in [2.45, 2.75) is 56.5 Å². The number of aromatic amines is 1. The molecule has 2 aliphatic rings. The van der Waals surface area contributed by atoms with Crippen molar-refractivity contribution in [3.63, 3.8) is 0 Å². The van der Waals surface area contributed by atoms with E-state index in [1.54, 1.807) is 24.3 Å². The van der Waals surface area contributed by atoms with Gasteiger partial charge >= 0.3 is 0 Å². The molecule has 2 saturated carbocycles. The maximum absolute atomic E-state index is 12.7. The number of amides is 1. The third-order valence-corrected chi connectivity index (χ3v) is 7.19. The minimum atomic E-state index is -0.0534. The third kappa shape index (κ3) is 5.02. The maximum Gasteiger partial charge on any atom is 0.251 e. The van der Waals surface area contributed by atoms with E-state index in [4.69, 9.17) is 15.7 Å². The number of aromatic nitrogens is 3. The lowest BCUT2D eigenvalue weighted by Gasteiger charge is -2.30. The van der Waals surface area contributed by atoms with Gasteiger partial charge in [0.1, 0.15) is 0 Å². The number of carbonyl (C=O) groups is 1. The van der Waals surface area contributed by atoms with Gasteiger partial charge in [-0.15, -0.1) is 12.4 Å². The molecule has 8 heteroatoms. The number of H-pyrrole nitrogens is 1. The number of nitrogen functional groups attached to an aromatic ring is 1. The number of nitrogens with two attached hydrogens (primary N) is 1. The molecule has 5 N–H and O–H groups in total. The van der Waals surface area contributed by atoms with Crippen LogP contribution in [-0.4, -0.2) is 32.9 Å². The van der Waals surface area contributed by atoms with Crippen LogP contribution in [0.15, 0.2) is 60.9 Å². The Hall–Kier alpha value is -3.58. The molecule has 7 nitrogen and oxygen atoms in total. The number of para-hydroxylation sites is 1. The first-order valence-electron chi connectivity index (χ1n) is 12.5. The summed E-state index contributed by atoms with van der Waals surface area (Å²) in [5.74, 6) is 1.16. The van der Waals surface area contributed by atoms with Crippen LogP contribution in [-0.2, 0) is 0 Å². The SMILES string of the molecule is Cl.Nc1ccc(C(=O)N[C@H]2CCC[C@@H](Nc3ncc(C4CC4)c(-c4c[nH]c5ccccc45)n3)C2)cc1. The Kier molecular flexibility index (Phi) is 6.83. The highest BCUT2D eigenvalue weighted by molar-refractivity contribution is 5.96. The van der Waals surface area contributed by atoms with Gasteiger partial charge in [-0.25, -0.2) is 9.97 Å². The fraction of sp³-hybridized carbons (Fsp3) is 0.321. The van der Waals surface area contributed by atoms with Crippen molar-refractivity contribution in [3.05, 3.63) is 72.1 Å². The Morgan fingerprint density at radius 3 is 2.58 bits per heavy atom. The van der Waals surface area contributed by atoms with Crippen LogP contribution >= 0.6 is 12.4 Å². The second kappa shape index (κ2) is 10.2. The maximum atomic E-state index is 12.7. The van der Waals surface area contributed by atoms with E-state index < -0.39 is 0 Å². The predicted octanol–water partition coefficient (Wildman–Crippen LogP) is 5.66. The van der Waals surface area contributed by atoms with Crippen molar-refractivity contribution in [1.29, 1.82) is 0 Å². The topological polar surface area (TPSA) is 109 Å². The van der Waals surface area contributed by atoms with Gasteiger partial charge in [0.05, 0.1) is 5.69 Å². The highest BCUT2D eigenvalue weighted by Gasteiger charge is 2.30. The number of anilines is 2. The third-order valence-electron chi connectivity index (χ3n) is 7.19. The monoisotopic (exact) mass is 502 g/mol. The molecule has 0 radical (unpaired) electrons. The van der Waals surface area contributed by atoms with Gasteiger partial charge in [0.15, 0.2) is 0 Å². The molecular weight excluding hydrogens is 472 g/mol. The van der Waals surface area contributed by atoms with Gasteiger partial charge in [0.25, 0.3) is 5.91 Å². The molecule has 6 rings (SSSR count). The molecule has 0 saturated heterocycles. The van der Waals surface area contributed by atoms with Crippen LogP contribution in [0.2, 0.25) is 0 Å². The normalized spacial score (nSPS) is 19.4. The zero-order valence-corrected chi connectivity index (χ0v) is 20.9. The Labute approximate surface area is 216 Å². The molecule has 36 heavy (non-hydrogen) atoms. The van der Waals surface area contributed by atoms with Crippen molar-refractivity contribution in [1.82, 2.24) is 20.3 Å². The van der Waals surface area contributed by atoms with Crippen LogP contribution in [0.1, 0.15) is 60.4 Å². The van der Waals surface area contributed by atoms with Gasteiger partial charge < -0.3 is 21.4 Å². The molecule has 0 unspecified atom stereocenters. The molecule has 2 heterocycles. The molecule has 186 valence electrons. The van der Waals surface area contributed by atoms with Crippen LogP contribution < -0.4 is 16.4 Å². The summed E-state index contributed by atoms with van der Waals surface area (Å²) in [6.07, 6.45) is 10.4. The molecule has 2 fully saturated rings. The van der Waals surface area contributed by atoms with Crippen molar-refractivity contribution < 1.29 is 4.79 Å². The zero-order chi connectivity index (χ0) is 23.8. The second-order valence-corrected chi connectivity index (χ2v) is 9.82. The molecular formula is C28H31ClN6O. The smallest absolute Gasteiger partial charge is 0.251 e. The van der Waals surface area contributed by atoms with Crippen LogP contribution in [0.3, 0.4) is 0 Å². The summed E-state index contributed by atoms with van der Waals surface area (Å²) in [6, 6.07) is 15.7. The number of nitrogens with one attached hydrogen (secondary N) is 3. The van der Waals surface area contributed by atoms with E-state index in [0.717, 1.165) is 42.5 Å². The van der Waals surface area contributed by atoms with E-state index >= 15 is 0 Å². The molecule has 2 aliphatic carbocycles. The van der Waals surface area contributed by atoms with Gasteiger partial charge in [-0.1, -0.05) is 18.2 Å². The van der Waals surface area contributed by atoms with Crippen molar-refractivity contribution >= 4 is 40.9 Å². The van der Waals surface area contributed by atoms with E-state index in [1.165, 1.54) is 23.8 Å². The predicted molar refractivity (Wildman–Crippen MR) is 147 cm³/mol. The summed E-state index contributed by atoms with van der Waals surface area (Å²) in [7, 11) is 0. The number of fused-ring (bicyclic) bond motifs is 1. The summed E-state index contributed by atoms with van der Waals surface area (Å²) >= 11 is 0. The Bertz CT molecular complexity index is 1360. The van der Waals surface area contributed by atoms with Crippen LogP contribution in [0.25, 0.3) is 22.2 Å². The number of hydrogen-bond acceptors (Lipinski definition) is 5. The van der Waals surface area contributed by atoms with E-state index in [9.17, 15) is 4.79 Å². The lowest BCUT2D eigenvalue weighted by molar-refractivity contribution is 0.0926. The van der Waals surface area contributed by atoms with Crippen molar-refractivity contribution in [2.24, 2.45) is 0 Å². The van der Waals surface area contributed by atoms with Crippen LogP contribution in [0.5, 0.6) is 0 Å². The number of benzene rings is 2. The minimum Gasteiger partial charge on any atom is -0.399 e. The fourth-order valence-electron chi connectivity index (χ4n) is 5.17. The van der Waals surface area contributed by atoms with Gasteiger partial charge in [-0.2, -0.15) is 0 Å². The highest BCUT2D eigenvalue weighted by Crippen LogP contribution is 2.44. The van der Waals surface area contributed by atoms with Gasteiger partial charge in [0, 0.05) is 57.8 Å². The molecule has 1 amide bonds. The number of nitrogens with zero attached hydrogens (tertiary/aromatic N) is 2. The quantitative estimate of drug-likeness (QED) is 0.254. The molecule has 2 aromatic carbocycles. The summed E-state index contributed by atoms with van der Waals surface area (Å²) in [5, 5.41) is 7.94. The van der Waals surface area contributed by atoms with E-state index in [0.29, 0.717) is 23.1 Å². The number of hydrogen-bond donors (Lipinski definition) is 4. The zero-order valence-electron chi connectivity index (χ0n) is 20.0. The largest absolute Gasteiger partial charge is 0.399 e. The lowest BCUT2D eigenvalue weighted by Crippen LogP contribution is -2.42. The van der Waals surface area contributed by atoms with Crippen LogP contribution in [0.4, 0.5) is 11.6 Å². The molecule has 2 aromatic heterocycles. The van der Waals surface area contributed by atoms with Crippen molar-refractivity contribution in [2.75, 3.05) is 11.1 Å². The van der Waals surface area contributed by atoms with Crippen LogP contribution in [0, 0.1) is 0 Å². The molecule has 4 aromatic rings. The Morgan fingerprint density at radius 1 is 1.00 bits per heavy atom. The second-order valence-electron chi connectivity index (χ2n) is 9.82. The van der Waals surface area contributed by atoms with Crippen molar-refractivity contribution in [3.8, 4) is 11.3 Å². The van der Waals surface area contributed by atoms with Gasteiger partial charge in [-0.05, 0) is 74.8 Å². The first kappa shape index (κ1) is 24.1. The summed E-state index contributed by atoms with van der Waals surface area (Å²) in [6.45, 7) is 0. The van der Waals surface area contributed by atoms with E-state index in [1.807, 2.05) is 12.3 Å². The first-order valence-corrected chi connectivity index (χ1v) is 12.5. The Morgan fingerprint density at radius 2 is 1.78 bits per heavy atom. The van der Waals surface area contributed by atoms with Gasteiger partial charge in [0.2, 0.25) is 5.95 Å². The Balaban J connectivity index is 0.00000267. The number of carbonyl (C=O) groups excluding carboxylic acids is 1. The van der Waals surface area contributed by atoms with E-state index in [2.05, 4.69) is 40.0 Å². The molecule has 2 atom stereocenters.